The van der Waals surface area contributed by atoms with E-state index in [4.69, 9.17) is 18.9 Å². The molecule has 0 aromatic heterocycles. The van der Waals surface area contributed by atoms with Crippen molar-refractivity contribution < 1.29 is 33.6 Å². The molecule has 1 aliphatic carbocycles. The van der Waals surface area contributed by atoms with Gasteiger partial charge in [-0.25, -0.2) is 4.79 Å². The van der Waals surface area contributed by atoms with E-state index in [9.17, 15) is 14.7 Å². The van der Waals surface area contributed by atoms with Gasteiger partial charge in [0.05, 0.1) is 27.4 Å². The zero-order valence-corrected chi connectivity index (χ0v) is 31.6. The van der Waals surface area contributed by atoms with Crippen LogP contribution in [0, 0.1) is 0 Å². The van der Waals surface area contributed by atoms with Crippen LogP contribution in [0.15, 0.2) is 127 Å². The van der Waals surface area contributed by atoms with Crippen LogP contribution in [0.5, 0.6) is 11.5 Å². The van der Waals surface area contributed by atoms with Gasteiger partial charge in [-0.2, -0.15) is 0 Å². The first-order valence-electron chi connectivity index (χ1n) is 18.9. The van der Waals surface area contributed by atoms with Gasteiger partial charge < -0.3 is 34.3 Å². The van der Waals surface area contributed by atoms with E-state index in [2.05, 4.69) is 29.6 Å². The number of nitrogens with one attached hydrogen (secondary N) is 1. The number of carbonyl (C=O) groups is 2. The molecule has 0 saturated carbocycles. The third kappa shape index (κ3) is 9.19. The van der Waals surface area contributed by atoms with Crippen LogP contribution in [-0.4, -0.2) is 75.7 Å². The third-order valence-corrected chi connectivity index (χ3v) is 10.3. The summed E-state index contributed by atoms with van der Waals surface area (Å²) in [7, 11) is 3.27. The molecule has 0 radical (unpaired) electrons. The maximum Gasteiger partial charge on any atom is 0.407 e. The zero-order chi connectivity index (χ0) is 38.5. The SMILES string of the molecule is COc1ccc(C(OCCN(CCO)C(=O)CCCCCNC(=O)OCC2c3ccccc3-c3ccccc32)(c2ccccc2)c2ccc(OC)cc2)cc1. The van der Waals surface area contributed by atoms with Crippen LogP contribution < -0.4 is 14.8 Å². The standard InChI is InChI=1S/C46H50N2O7/c1-52-37-24-20-35(21-25-37)46(34-13-5-3-6-14-34,36-22-26-38(53-2)27-23-36)55-32-30-48(29-31-49)44(50)19-7-4-12-28-47-45(51)54-33-43-41-17-10-8-15-39(41)40-16-9-11-18-42(40)43/h3,5-6,8-11,13-18,20-27,43,49H,4,7,12,19,28-33H2,1-2H3,(H,47,51). The molecule has 5 aromatic carbocycles. The Labute approximate surface area is 323 Å². The van der Waals surface area contributed by atoms with Gasteiger partial charge >= 0.3 is 6.09 Å². The van der Waals surface area contributed by atoms with Crippen molar-refractivity contribution in [3.8, 4) is 22.6 Å². The Hall–Kier alpha value is -5.64. The van der Waals surface area contributed by atoms with E-state index in [0.717, 1.165) is 34.6 Å². The summed E-state index contributed by atoms with van der Waals surface area (Å²) in [6.07, 6.45) is 2.00. The number of nitrogens with zero attached hydrogens (tertiary/aromatic N) is 1. The Balaban J connectivity index is 1.01. The lowest BCUT2D eigenvalue weighted by Crippen LogP contribution is -2.39. The fraction of sp³-hybridized carbons (Fsp3) is 0.304. The van der Waals surface area contributed by atoms with E-state index in [1.165, 1.54) is 22.3 Å². The van der Waals surface area contributed by atoms with Crippen molar-refractivity contribution >= 4 is 12.0 Å². The van der Waals surface area contributed by atoms with Crippen LogP contribution in [0.25, 0.3) is 11.1 Å². The number of aliphatic hydroxyl groups excluding tert-OH is 1. The number of unbranched alkanes of at least 4 members (excludes halogenated alkanes) is 2. The average Bonchev–Trinajstić information content (AvgIpc) is 3.56. The van der Waals surface area contributed by atoms with Crippen molar-refractivity contribution in [3.63, 3.8) is 0 Å². The second-order valence-electron chi connectivity index (χ2n) is 13.5. The summed E-state index contributed by atoms with van der Waals surface area (Å²) >= 11 is 0. The number of benzene rings is 5. The van der Waals surface area contributed by atoms with Gasteiger partial charge in [0.2, 0.25) is 5.91 Å². The Morgan fingerprint density at radius 3 is 1.78 bits per heavy atom. The summed E-state index contributed by atoms with van der Waals surface area (Å²) in [6.45, 7) is 1.28. The van der Waals surface area contributed by atoms with Crippen LogP contribution in [0.3, 0.4) is 0 Å². The molecule has 9 nitrogen and oxygen atoms in total. The van der Waals surface area contributed by atoms with Gasteiger partial charge in [0.15, 0.2) is 0 Å². The molecule has 5 aromatic rings. The summed E-state index contributed by atoms with van der Waals surface area (Å²) in [5.74, 6) is 1.42. The molecule has 2 N–H and O–H groups in total. The average molecular weight is 743 g/mol. The highest BCUT2D eigenvalue weighted by atomic mass is 16.5. The van der Waals surface area contributed by atoms with Crippen LogP contribution in [0.1, 0.15) is 59.4 Å². The molecule has 9 heteroatoms. The number of ether oxygens (including phenoxy) is 4. The number of amides is 2. The van der Waals surface area contributed by atoms with Gasteiger partial charge in [-0.15, -0.1) is 0 Å². The lowest BCUT2D eigenvalue weighted by Gasteiger charge is -2.37. The second kappa shape index (κ2) is 19.1. The van der Waals surface area contributed by atoms with E-state index in [-0.39, 0.29) is 38.2 Å². The first-order chi connectivity index (χ1) is 27.0. The van der Waals surface area contributed by atoms with E-state index < -0.39 is 11.7 Å². The highest BCUT2D eigenvalue weighted by Crippen LogP contribution is 2.45. The van der Waals surface area contributed by atoms with Crippen molar-refractivity contribution in [1.82, 2.24) is 10.2 Å². The summed E-state index contributed by atoms with van der Waals surface area (Å²) in [4.78, 5) is 27.7. The molecule has 0 unspecified atom stereocenters. The van der Waals surface area contributed by atoms with Crippen LogP contribution in [-0.2, 0) is 19.9 Å². The van der Waals surface area contributed by atoms with E-state index in [0.29, 0.717) is 32.4 Å². The van der Waals surface area contributed by atoms with Crippen LogP contribution in [0.4, 0.5) is 4.79 Å². The fourth-order valence-electron chi connectivity index (χ4n) is 7.44. The fourth-order valence-corrected chi connectivity index (χ4v) is 7.44. The smallest absolute Gasteiger partial charge is 0.407 e. The van der Waals surface area contributed by atoms with Crippen molar-refractivity contribution in [2.75, 3.05) is 53.7 Å². The lowest BCUT2D eigenvalue weighted by atomic mass is 9.80. The van der Waals surface area contributed by atoms with E-state index in [1.54, 1.807) is 19.1 Å². The monoisotopic (exact) mass is 742 g/mol. The van der Waals surface area contributed by atoms with Crippen LogP contribution in [0.2, 0.25) is 0 Å². The molecule has 0 aliphatic heterocycles. The molecule has 0 heterocycles. The molecule has 286 valence electrons. The Morgan fingerprint density at radius 1 is 0.673 bits per heavy atom. The minimum absolute atomic E-state index is 0.0103. The topological polar surface area (TPSA) is 107 Å². The number of hydrogen-bond acceptors (Lipinski definition) is 7. The summed E-state index contributed by atoms with van der Waals surface area (Å²) in [5.41, 5.74) is 6.45. The maximum absolute atomic E-state index is 13.4. The Kier molecular flexibility index (Phi) is 13.6. The number of rotatable bonds is 19. The largest absolute Gasteiger partial charge is 0.497 e. The molecular formula is C46H50N2O7. The number of methoxy groups -OCH3 is 2. The lowest BCUT2D eigenvalue weighted by molar-refractivity contribution is -0.133. The molecule has 1 aliphatic rings. The van der Waals surface area contributed by atoms with E-state index in [1.807, 2.05) is 103 Å². The Bertz CT molecular complexity index is 1890. The van der Waals surface area contributed by atoms with Gasteiger partial charge in [0, 0.05) is 32.0 Å². The molecule has 0 spiro atoms. The molecule has 0 atom stereocenters. The van der Waals surface area contributed by atoms with Crippen LogP contribution >= 0.6 is 0 Å². The predicted molar refractivity (Wildman–Crippen MR) is 213 cm³/mol. The third-order valence-electron chi connectivity index (χ3n) is 10.3. The minimum Gasteiger partial charge on any atom is -0.497 e. The highest BCUT2D eigenvalue weighted by molar-refractivity contribution is 5.79. The van der Waals surface area contributed by atoms with Gasteiger partial charge in [-0.3, -0.25) is 4.79 Å². The summed E-state index contributed by atoms with van der Waals surface area (Å²) in [5, 5.41) is 12.7. The molecule has 0 fully saturated rings. The number of alkyl carbamates (subject to hydrolysis) is 1. The number of carbonyl (C=O) groups excluding carboxylic acids is 2. The summed E-state index contributed by atoms with van der Waals surface area (Å²) < 4.78 is 23.5. The van der Waals surface area contributed by atoms with Gasteiger partial charge in [-0.05, 0) is 76.1 Å². The second-order valence-corrected chi connectivity index (χ2v) is 13.5. The van der Waals surface area contributed by atoms with Gasteiger partial charge in [-0.1, -0.05) is 110 Å². The molecular weight excluding hydrogens is 693 g/mol. The molecule has 6 rings (SSSR count). The molecule has 55 heavy (non-hydrogen) atoms. The predicted octanol–water partition coefficient (Wildman–Crippen LogP) is 7.93. The van der Waals surface area contributed by atoms with Crippen molar-refractivity contribution in [3.05, 3.63) is 155 Å². The number of aliphatic hydroxyl groups is 1. The molecule has 0 bridgehead atoms. The summed E-state index contributed by atoms with van der Waals surface area (Å²) in [6, 6.07) is 42.1. The normalized spacial score (nSPS) is 12.1. The van der Waals surface area contributed by atoms with Gasteiger partial charge in [0.25, 0.3) is 0 Å². The zero-order valence-electron chi connectivity index (χ0n) is 31.6. The van der Waals surface area contributed by atoms with Crippen molar-refractivity contribution in [2.24, 2.45) is 0 Å². The highest BCUT2D eigenvalue weighted by Gasteiger charge is 2.38. The Morgan fingerprint density at radius 2 is 1.22 bits per heavy atom. The van der Waals surface area contributed by atoms with E-state index >= 15 is 0 Å². The first kappa shape index (κ1) is 39.1. The van der Waals surface area contributed by atoms with Crippen molar-refractivity contribution in [2.45, 2.75) is 37.2 Å². The number of hydrogen-bond donors (Lipinski definition) is 2. The number of fused-ring (bicyclic) bond motifs is 3. The minimum atomic E-state index is -1.01. The van der Waals surface area contributed by atoms with Gasteiger partial charge in [0.1, 0.15) is 23.7 Å². The molecule has 0 saturated heterocycles. The molecule has 2 amide bonds. The first-order valence-corrected chi connectivity index (χ1v) is 18.9. The maximum atomic E-state index is 13.4. The van der Waals surface area contributed by atoms with Crippen molar-refractivity contribution in [1.29, 1.82) is 0 Å². The quantitative estimate of drug-likeness (QED) is 0.0654.